The molecule has 3 aliphatic heterocycles. The molecule has 2 saturated heterocycles. The molecule has 38 heavy (non-hydrogen) atoms. The molecule has 2 aromatic carbocycles. The number of benzene rings is 2. The number of ketones is 1. The molecule has 7 nitrogen and oxygen atoms in total. The third kappa shape index (κ3) is 4.85. The number of likely N-dealkylation sites (N-methyl/N-ethyl adjacent to an activating group) is 1. The van der Waals surface area contributed by atoms with Crippen LogP contribution in [0.3, 0.4) is 0 Å². The number of aromatic nitrogens is 2. The minimum atomic E-state index is 0.105. The number of halogens is 1. The van der Waals surface area contributed by atoms with Gasteiger partial charge in [0.2, 0.25) is 0 Å². The number of rotatable bonds is 8. The van der Waals surface area contributed by atoms with Gasteiger partial charge in [-0.05, 0) is 56.4 Å². The summed E-state index contributed by atoms with van der Waals surface area (Å²) >= 11 is 6.66. The molecule has 1 aromatic heterocycles. The van der Waals surface area contributed by atoms with Crippen LogP contribution in [0.25, 0.3) is 10.8 Å². The van der Waals surface area contributed by atoms with E-state index < -0.39 is 0 Å². The summed E-state index contributed by atoms with van der Waals surface area (Å²) in [6.07, 6.45) is 5.14. The van der Waals surface area contributed by atoms with Crippen LogP contribution >= 0.6 is 11.6 Å². The predicted octanol–water partition coefficient (Wildman–Crippen LogP) is 4.90. The first-order chi connectivity index (χ1) is 18.5. The van der Waals surface area contributed by atoms with Gasteiger partial charge in [-0.1, -0.05) is 42.4 Å². The Morgan fingerprint density at radius 2 is 1.97 bits per heavy atom. The number of hydrogen-bond donors (Lipinski definition) is 0. The van der Waals surface area contributed by atoms with E-state index in [2.05, 4.69) is 52.6 Å². The highest BCUT2D eigenvalue weighted by atomic mass is 35.5. The Labute approximate surface area is 229 Å². The van der Waals surface area contributed by atoms with Gasteiger partial charge < -0.3 is 19.4 Å². The van der Waals surface area contributed by atoms with Crippen molar-refractivity contribution in [3.05, 3.63) is 65.3 Å². The minimum Gasteiger partial charge on any atom is -0.462 e. The number of fused-ring (bicyclic) bond motifs is 2. The van der Waals surface area contributed by atoms with Crippen molar-refractivity contribution in [2.45, 2.75) is 38.3 Å². The zero-order valence-corrected chi connectivity index (χ0v) is 22.7. The third-order valence-electron chi connectivity index (χ3n) is 8.25. The summed E-state index contributed by atoms with van der Waals surface area (Å²) in [6, 6.07) is 13.2. The van der Waals surface area contributed by atoms with Crippen molar-refractivity contribution in [2.75, 3.05) is 49.6 Å². The second kappa shape index (κ2) is 10.5. The van der Waals surface area contributed by atoms with Gasteiger partial charge in [0.1, 0.15) is 12.4 Å². The van der Waals surface area contributed by atoms with Crippen LogP contribution < -0.4 is 14.5 Å². The Balaban J connectivity index is 1.29. The second-order valence-electron chi connectivity index (χ2n) is 10.8. The van der Waals surface area contributed by atoms with Crippen molar-refractivity contribution in [2.24, 2.45) is 5.92 Å². The Bertz CT molecular complexity index is 1370. The van der Waals surface area contributed by atoms with Crippen LogP contribution in [0.4, 0.5) is 11.5 Å². The summed E-state index contributed by atoms with van der Waals surface area (Å²) in [5.41, 5.74) is 3.32. The fraction of sp³-hybridized carbons (Fsp3) is 0.433. The number of likely N-dealkylation sites (tertiary alicyclic amines) is 1. The summed E-state index contributed by atoms with van der Waals surface area (Å²) < 4.78 is 6.23. The van der Waals surface area contributed by atoms with Crippen LogP contribution in [-0.2, 0) is 17.8 Å². The summed E-state index contributed by atoms with van der Waals surface area (Å²) in [5, 5.41) is 2.97. The van der Waals surface area contributed by atoms with Gasteiger partial charge in [0.25, 0.3) is 0 Å². The molecule has 0 aliphatic carbocycles. The molecule has 0 saturated carbocycles. The van der Waals surface area contributed by atoms with E-state index in [1.54, 1.807) is 0 Å². The van der Waals surface area contributed by atoms with Gasteiger partial charge in [0.05, 0.1) is 17.3 Å². The van der Waals surface area contributed by atoms with Crippen LogP contribution in [0, 0.1) is 5.92 Å². The molecule has 198 valence electrons. The largest absolute Gasteiger partial charge is 0.462 e. The molecule has 0 unspecified atom stereocenters. The minimum absolute atomic E-state index is 0.105. The molecule has 0 N–H and O–H groups in total. The van der Waals surface area contributed by atoms with Crippen LogP contribution in [0.15, 0.2) is 49.1 Å². The lowest BCUT2D eigenvalue weighted by atomic mass is 9.92. The zero-order chi connectivity index (χ0) is 26.2. The van der Waals surface area contributed by atoms with Crippen molar-refractivity contribution >= 4 is 39.7 Å². The lowest BCUT2D eigenvalue weighted by Crippen LogP contribution is -2.49. The maximum Gasteiger partial charge on any atom is 0.318 e. The average molecular weight is 532 g/mol. The number of carbonyl (C=O) groups is 1. The maximum atomic E-state index is 11.9. The van der Waals surface area contributed by atoms with Crippen molar-refractivity contribution in [3.63, 3.8) is 0 Å². The van der Waals surface area contributed by atoms with Crippen LogP contribution in [-0.4, -0.2) is 66.5 Å². The molecule has 3 aliphatic rings. The first-order valence-electron chi connectivity index (χ1n) is 13.6. The lowest BCUT2D eigenvalue weighted by molar-refractivity contribution is -0.115. The van der Waals surface area contributed by atoms with Gasteiger partial charge in [-0.3, -0.25) is 4.79 Å². The summed E-state index contributed by atoms with van der Waals surface area (Å²) in [6.45, 7) is 8.46. The maximum absolute atomic E-state index is 11.9. The van der Waals surface area contributed by atoms with E-state index in [9.17, 15) is 4.79 Å². The lowest BCUT2D eigenvalue weighted by Gasteiger charge is -2.42. The molecule has 4 heterocycles. The number of allylic oxidation sites excluding steroid dienone is 1. The van der Waals surface area contributed by atoms with Crippen molar-refractivity contribution in [3.8, 4) is 6.01 Å². The highest BCUT2D eigenvalue weighted by Crippen LogP contribution is 2.38. The van der Waals surface area contributed by atoms with Gasteiger partial charge in [-0.2, -0.15) is 9.97 Å². The Hall–Kier alpha value is -3.16. The summed E-state index contributed by atoms with van der Waals surface area (Å²) in [4.78, 5) is 28.7. The number of hydrogen-bond acceptors (Lipinski definition) is 7. The zero-order valence-electron chi connectivity index (χ0n) is 21.9. The monoisotopic (exact) mass is 531 g/mol. The number of carbonyl (C=O) groups excluding carboxylic acids is 1. The first kappa shape index (κ1) is 25.1. The fourth-order valence-corrected chi connectivity index (χ4v) is 6.34. The Kier molecular flexibility index (Phi) is 6.97. The highest BCUT2D eigenvalue weighted by molar-refractivity contribution is 6.36. The smallest absolute Gasteiger partial charge is 0.318 e. The molecule has 0 spiro atoms. The quantitative estimate of drug-likeness (QED) is 0.383. The molecule has 0 radical (unpaired) electrons. The first-order valence-corrected chi connectivity index (χ1v) is 13.9. The molecule has 3 aromatic rings. The number of ether oxygens (including phenoxy) is 1. The third-order valence-corrected chi connectivity index (χ3v) is 8.56. The molecule has 2 fully saturated rings. The van der Waals surface area contributed by atoms with Gasteiger partial charge >= 0.3 is 6.01 Å². The molecule has 0 amide bonds. The van der Waals surface area contributed by atoms with Crippen LogP contribution in [0.5, 0.6) is 6.01 Å². The molecular formula is C30H34ClN5O2. The molecule has 0 bridgehead atoms. The van der Waals surface area contributed by atoms with E-state index in [0.29, 0.717) is 37.5 Å². The van der Waals surface area contributed by atoms with Crippen LogP contribution in [0.2, 0.25) is 5.02 Å². The molecular weight excluding hydrogens is 498 g/mol. The van der Waals surface area contributed by atoms with Crippen molar-refractivity contribution in [1.29, 1.82) is 0 Å². The molecule has 1 atom stereocenters. The van der Waals surface area contributed by atoms with Gasteiger partial charge in [0.15, 0.2) is 5.78 Å². The topological polar surface area (TPSA) is 61.8 Å². The van der Waals surface area contributed by atoms with Crippen molar-refractivity contribution < 1.29 is 9.53 Å². The van der Waals surface area contributed by atoms with E-state index in [-0.39, 0.29) is 5.78 Å². The van der Waals surface area contributed by atoms with Gasteiger partial charge in [-0.15, -0.1) is 0 Å². The van der Waals surface area contributed by atoms with E-state index in [1.807, 2.05) is 12.1 Å². The Morgan fingerprint density at radius 1 is 1.16 bits per heavy atom. The highest BCUT2D eigenvalue weighted by Gasteiger charge is 2.34. The average Bonchev–Trinajstić information content (AvgIpc) is 3.32. The fourth-order valence-electron chi connectivity index (χ4n) is 6.06. The van der Waals surface area contributed by atoms with E-state index in [4.69, 9.17) is 26.3 Å². The normalized spacial score (nSPS) is 19.9. The van der Waals surface area contributed by atoms with E-state index >= 15 is 0 Å². The number of anilines is 2. The Morgan fingerprint density at radius 3 is 2.74 bits per heavy atom. The predicted molar refractivity (Wildman–Crippen MR) is 152 cm³/mol. The summed E-state index contributed by atoms with van der Waals surface area (Å²) in [5.74, 6) is 1.40. The number of nitrogens with zero attached hydrogens (tertiary/aromatic N) is 5. The van der Waals surface area contributed by atoms with E-state index in [1.165, 1.54) is 18.1 Å². The SMILES string of the molecule is C=CC(=O)CC1CN(c2nc(OC[C@@H]3CCCN3C)nc3c2CCN(c2cccc4cccc(Cl)c24)C3)C1. The van der Waals surface area contributed by atoms with Crippen molar-refractivity contribution in [1.82, 2.24) is 14.9 Å². The van der Waals surface area contributed by atoms with E-state index in [0.717, 1.165) is 72.0 Å². The van der Waals surface area contributed by atoms with Gasteiger partial charge in [0, 0.05) is 54.7 Å². The molecule has 6 rings (SSSR count). The second-order valence-corrected chi connectivity index (χ2v) is 11.2. The van der Waals surface area contributed by atoms with Gasteiger partial charge in [-0.25, -0.2) is 0 Å². The summed E-state index contributed by atoms with van der Waals surface area (Å²) in [7, 11) is 2.15. The van der Waals surface area contributed by atoms with Crippen LogP contribution in [0.1, 0.15) is 30.5 Å². The molecule has 8 heteroatoms. The standard InChI is InChI=1S/C30H34ClN5O2/c1-3-23(37)15-20-16-36(17-20)29-24-12-14-35(27-11-5-8-21-7-4-10-25(31)28(21)27)18-26(24)32-30(33-29)38-19-22-9-6-13-34(22)2/h3-5,7-8,10-11,20,22H,1,6,9,12-19H2,2H3/t22-/m0/s1.